The number of dihydropyridines is 1. The van der Waals surface area contributed by atoms with Crippen LogP contribution in [0.4, 0.5) is 0 Å². The van der Waals surface area contributed by atoms with Crippen LogP contribution in [0, 0.1) is 17.3 Å². The molecule has 1 aliphatic heterocycles. The molecule has 0 saturated carbocycles. The molecule has 4 aliphatic rings. The van der Waals surface area contributed by atoms with Crippen molar-refractivity contribution in [3.05, 3.63) is 76.4 Å². The van der Waals surface area contributed by atoms with E-state index >= 15 is 0 Å². The van der Waals surface area contributed by atoms with E-state index in [1.807, 2.05) is 24.3 Å². The summed E-state index contributed by atoms with van der Waals surface area (Å²) in [4.78, 5) is 18.6. The lowest BCUT2D eigenvalue weighted by Gasteiger charge is -2.41. The van der Waals surface area contributed by atoms with E-state index in [-0.39, 0.29) is 17.2 Å². The Kier molecular flexibility index (Phi) is 4.46. The molecule has 0 aromatic heterocycles. The summed E-state index contributed by atoms with van der Waals surface area (Å²) in [5.41, 5.74) is 6.95. The smallest absolute Gasteiger partial charge is 0.162 e. The van der Waals surface area contributed by atoms with Crippen molar-refractivity contribution >= 4 is 11.5 Å². The molecule has 1 heterocycles. The van der Waals surface area contributed by atoms with Gasteiger partial charge in [0.25, 0.3) is 0 Å². The predicted molar refractivity (Wildman–Crippen MR) is 121 cm³/mol. The van der Waals surface area contributed by atoms with Gasteiger partial charge in [0.15, 0.2) is 5.78 Å². The van der Waals surface area contributed by atoms with Gasteiger partial charge in [-0.25, -0.2) is 0 Å². The van der Waals surface area contributed by atoms with Gasteiger partial charge in [0.05, 0.1) is 12.8 Å². The molecule has 3 aliphatic carbocycles. The van der Waals surface area contributed by atoms with Crippen molar-refractivity contribution in [2.45, 2.75) is 46.1 Å². The number of Topliss-reactive ketones (excluding diaryl/α,β-unsaturated/α-hetero) is 1. The van der Waals surface area contributed by atoms with Crippen LogP contribution < -0.4 is 4.74 Å². The highest BCUT2D eigenvalue weighted by atomic mass is 16.5. The minimum Gasteiger partial charge on any atom is -0.497 e. The average Bonchev–Trinajstić information content (AvgIpc) is 2.72. The summed E-state index contributed by atoms with van der Waals surface area (Å²) < 4.78 is 5.33. The lowest BCUT2D eigenvalue weighted by molar-refractivity contribution is -0.118. The number of nitrogens with zero attached hydrogens (tertiary/aromatic N) is 1. The zero-order valence-electron chi connectivity index (χ0n) is 18.2. The average molecular weight is 400 g/mol. The van der Waals surface area contributed by atoms with Crippen molar-refractivity contribution in [3.8, 4) is 5.75 Å². The number of ketones is 1. The fourth-order valence-corrected chi connectivity index (χ4v) is 5.55. The van der Waals surface area contributed by atoms with Gasteiger partial charge in [-0.1, -0.05) is 51.1 Å². The summed E-state index contributed by atoms with van der Waals surface area (Å²) in [6.45, 7) is 6.71. The standard InChI is InChI=1S/C27H29NO2/c1-16-6-5-7-20-19(16)12-13-22-24(20)21-14-27(2,3)15-23(29)25(21)26(28-22)17-8-10-18(30-4)11-9-17/h5-6,8-13,16,19,26H,7,14-15H2,1-4H3. The molecule has 3 atom stereocenters. The molecule has 0 amide bonds. The largest absolute Gasteiger partial charge is 0.497 e. The van der Waals surface area contributed by atoms with Crippen molar-refractivity contribution in [1.29, 1.82) is 0 Å². The van der Waals surface area contributed by atoms with Crippen LogP contribution in [0.3, 0.4) is 0 Å². The van der Waals surface area contributed by atoms with Crippen molar-refractivity contribution in [1.82, 2.24) is 0 Å². The fourth-order valence-electron chi connectivity index (χ4n) is 5.55. The van der Waals surface area contributed by atoms with Crippen LogP contribution in [0.25, 0.3) is 0 Å². The highest BCUT2D eigenvalue weighted by Crippen LogP contribution is 2.51. The molecule has 0 N–H and O–H groups in total. The van der Waals surface area contributed by atoms with Crippen molar-refractivity contribution in [2.75, 3.05) is 7.11 Å². The number of carbonyl (C=O) groups excluding carboxylic acids is 1. The van der Waals surface area contributed by atoms with Crippen molar-refractivity contribution < 1.29 is 9.53 Å². The lowest BCUT2D eigenvalue weighted by atomic mass is 9.64. The molecular weight excluding hydrogens is 370 g/mol. The van der Waals surface area contributed by atoms with Gasteiger partial charge < -0.3 is 4.74 Å². The minimum atomic E-state index is -0.230. The van der Waals surface area contributed by atoms with Gasteiger partial charge in [0.2, 0.25) is 0 Å². The Morgan fingerprint density at radius 2 is 1.87 bits per heavy atom. The Labute approximate surface area is 178 Å². The van der Waals surface area contributed by atoms with E-state index in [4.69, 9.17) is 9.73 Å². The highest BCUT2D eigenvalue weighted by Gasteiger charge is 2.43. The fraction of sp³-hybridized carbons (Fsp3) is 0.407. The lowest BCUT2D eigenvalue weighted by Crippen LogP contribution is -2.34. The van der Waals surface area contributed by atoms with Crippen LogP contribution in [0.15, 0.2) is 75.9 Å². The number of hydrogen-bond donors (Lipinski definition) is 0. The number of aliphatic imine (C=N–C) groups is 1. The van der Waals surface area contributed by atoms with Gasteiger partial charge in [0.1, 0.15) is 11.8 Å². The summed E-state index contributed by atoms with van der Waals surface area (Å²) >= 11 is 0. The maximum atomic E-state index is 13.4. The third-order valence-electron chi connectivity index (χ3n) is 6.98. The minimum absolute atomic E-state index is 0.0246. The summed E-state index contributed by atoms with van der Waals surface area (Å²) in [6, 6.07) is 7.78. The number of benzene rings is 1. The third-order valence-corrected chi connectivity index (χ3v) is 6.98. The van der Waals surface area contributed by atoms with Crippen LogP contribution in [-0.2, 0) is 4.79 Å². The summed E-state index contributed by atoms with van der Waals surface area (Å²) in [5.74, 6) is 1.97. The molecule has 1 aromatic carbocycles. The quantitative estimate of drug-likeness (QED) is 0.576. The molecule has 3 unspecified atom stereocenters. The molecule has 0 radical (unpaired) electrons. The Hall–Kier alpha value is -2.68. The second-order valence-corrected chi connectivity index (χ2v) is 9.80. The number of rotatable bonds is 2. The van der Waals surface area contributed by atoms with Crippen molar-refractivity contribution in [2.24, 2.45) is 22.2 Å². The molecule has 5 rings (SSSR count). The first kappa shape index (κ1) is 19.3. The van der Waals surface area contributed by atoms with Gasteiger partial charge in [-0.15, -0.1) is 0 Å². The topological polar surface area (TPSA) is 38.7 Å². The maximum Gasteiger partial charge on any atom is 0.162 e. The molecule has 0 bridgehead atoms. The number of methoxy groups -OCH3 is 1. The number of fused-ring (bicyclic) bond motifs is 3. The Morgan fingerprint density at radius 3 is 2.60 bits per heavy atom. The number of allylic oxidation sites excluding steroid dienone is 7. The molecule has 0 spiro atoms. The van der Waals surface area contributed by atoms with Crippen molar-refractivity contribution in [3.63, 3.8) is 0 Å². The highest BCUT2D eigenvalue weighted by molar-refractivity contribution is 6.17. The van der Waals surface area contributed by atoms with E-state index < -0.39 is 0 Å². The second kappa shape index (κ2) is 6.94. The molecule has 0 fully saturated rings. The first-order valence-electron chi connectivity index (χ1n) is 10.9. The van der Waals surface area contributed by atoms with E-state index in [9.17, 15) is 4.79 Å². The van der Waals surface area contributed by atoms with E-state index in [0.717, 1.165) is 35.4 Å². The van der Waals surface area contributed by atoms with Crippen LogP contribution >= 0.6 is 0 Å². The second-order valence-electron chi connectivity index (χ2n) is 9.80. The van der Waals surface area contributed by atoms with Crippen LogP contribution in [0.1, 0.15) is 51.6 Å². The van der Waals surface area contributed by atoms with Gasteiger partial charge in [-0.3, -0.25) is 9.79 Å². The zero-order valence-corrected chi connectivity index (χ0v) is 18.2. The summed E-state index contributed by atoms with van der Waals surface area (Å²) in [7, 11) is 1.67. The first-order valence-corrected chi connectivity index (χ1v) is 10.9. The summed E-state index contributed by atoms with van der Waals surface area (Å²) in [5, 5.41) is 0. The third kappa shape index (κ3) is 3.03. The Balaban J connectivity index is 1.71. The van der Waals surface area contributed by atoms with E-state index in [1.54, 1.807) is 7.11 Å². The van der Waals surface area contributed by atoms with Gasteiger partial charge in [-0.05, 0) is 59.1 Å². The molecule has 154 valence electrons. The monoisotopic (exact) mass is 399 g/mol. The Bertz CT molecular complexity index is 1060. The zero-order chi connectivity index (χ0) is 21.0. The predicted octanol–water partition coefficient (Wildman–Crippen LogP) is 5.96. The molecule has 1 aromatic rings. The Morgan fingerprint density at radius 1 is 1.10 bits per heavy atom. The number of ether oxygens (including phenoxy) is 1. The van der Waals surface area contributed by atoms with Gasteiger partial charge in [-0.2, -0.15) is 0 Å². The SMILES string of the molecule is COc1ccc(C2N=C3C=CC4C(=C3C3=C2C(=O)CC(C)(C)C3)CC=CC4C)cc1. The van der Waals surface area contributed by atoms with Gasteiger partial charge in [0, 0.05) is 23.5 Å². The van der Waals surface area contributed by atoms with E-state index in [0.29, 0.717) is 18.3 Å². The summed E-state index contributed by atoms with van der Waals surface area (Å²) in [6.07, 6.45) is 11.6. The normalized spacial score (nSPS) is 29.3. The van der Waals surface area contributed by atoms with Crippen LogP contribution in [0.5, 0.6) is 5.75 Å². The number of hydrogen-bond acceptors (Lipinski definition) is 3. The maximum absolute atomic E-state index is 13.4. The molecule has 3 nitrogen and oxygen atoms in total. The molecule has 3 heteroatoms. The number of carbonyl (C=O) groups is 1. The molecule has 30 heavy (non-hydrogen) atoms. The first-order chi connectivity index (χ1) is 14.4. The van der Waals surface area contributed by atoms with Crippen LogP contribution in [-0.4, -0.2) is 18.6 Å². The van der Waals surface area contributed by atoms with Crippen LogP contribution in [0.2, 0.25) is 0 Å². The molecular formula is C27H29NO2. The molecule has 0 saturated heterocycles. The van der Waals surface area contributed by atoms with E-state index in [2.05, 4.69) is 45.1 Å². The van der Waals surface area contributed by atoms with E-state index in [1.165, 1.54) is 16.7 Å². The van der Waals surface area contributed by atoms with Gasteiger partial charge >= 0.3 is 0 Å².